The molecule has 144 valence electrons. The smallest absolute Gasteiger partial charge is 0.214 e. The van der Waals surface area contributed by atoms with Crippen molar-refractivity contribution in [3.8, 4) is 5.88 Å². The molecule has 0 radical (unpaired) electrons. The number of benzene rings is 2. The Labute approximate surface area is 171 Å². The summed E-state index contributed by atoms with van der Waals surface area (Å²) < 4.78 is 23.1. The maximum atomic E-state index is 14.9. The highest BCUT2D eigenvalue weighted by molar-refractivity contribution is 9.10. The number of aromatic nitrogens is 2. The molecule has 4 rings (SSSR count). The highest BCUT2D eigenvalue weighted by Gasteiger charge is 2.15. The average Bonchev–Trinajstić information content (AvgIpc) is 2.99. The van der Waals surface area contributed by atoms with Crippen LogP contribution < -0.4 is 10.1 Å². The number of pyridine rings is 1. The van der Waals surface area contributed by atoms with Crippen molar-refractivity contribution in [1.29, 1.82) is 0 Å². The molecule has 0 amide bonds. The Hall–Kier alpha value is -2.60. The van der Waals surface area contributed by atoms with Crippen LogP contribution in [0.3, 0.4) is 0 Å². The van der Waals surface area contributed by atoms with Gasteiger partial charge in [0.15, 0.2) is 0 Å². The van der Waals surface area contributed by atoms with Crippen LogP contribution in [0.2, 0.25) is 0 Å². The van der Waals surface area contributed by atoms with E-state index in [9.17, 15) is 4.39 Å². The van der Waals surface area contributed by atoms with Crippen molar-refractivity contribution in [2.24, 2.45) is 0 Å². The van der Waals surface area contributed by atoms with E-state index >= 15 is 0 Å². The summed E-state index contributed by atoms with van der Waals surface area (Å²) in [5.41, 5.74) is 3.26. The minimum Gasteiger partial charge on any atom is -0.481 e. The summed E-state index contributed by atoms with van der Waals surface area (Å²) in [4.78, 5) is 4.27. The van der Waals surface area contributed by atoms with E-state index in [4.69, 9.17) is 4.74 Å². The molecule has 0 saturated heterocycles. The van der Waals surface area contributed by atoms with Gasteiger partial charge >= 0.3 is 0 Å². The first-order chi connectivity index (χ1) is 13.5. The van der Waals surface area contributed by atoms with Crippen molar-refractivity contribution in [3.05, 3.63) is 64.6 Å². The number of hydrogen-bond acceptors (Lipinski definition) is 3. The average molecular weight is 442 g/mol. The van der Waals surface area contributed by atoms with E-state index in [1.807, 2.05) is 18.2 Å². The molecule has 0 saturated carbocycles. The summed E-state index contributed by atoms with van der Waals surface area (Å²) in [6.07, 6.45) is -1.07. The number of methoxy groups -OCH3 is 1. The fourth-order valence-electron chi connectivity index (χ4n) is 3.49. The predicted molar refractivity (Wildman–Crippen MR) is 116 cm³/mol. The molecule has 0 aliphatic carbocycles. The first-order valence-electron chi connectivity index (χ1n) is 9.12. The van der Waals surface area contributed by atoms with Gasteiger partial charge in [-0.1, -0.05) is 33.6 Å². The van der Waals surface area contributed by atoms with Gasteiger partial charge in [0.25, 0.3) is 0 Å². The SMILES string of the molecule is COc1cccc(NCC(F)Cn2c3ccc(C)cc3c3cc(Br)ccc32)n1. The number of halogens is 2. The second-order valence-electron chi connectivity index (χ2n) is 6.84. The van der Waals surface area contributed by atoms with E-state index in [1.54, 1.807) is 19.2 Å². The molecule has 1 unspecified atom stereocenters. The summed E-state index contributed by atoms with van der Waals surface area (Å²) in [6.45, 7) is 2.51. The number of hydrogen-bond donors (Lipinski definition) is 1. The van der Waals surface area contributed by atoms with Crippen LogP contribution in [0.4, 0.5) is 10.2 Å². The fourth-order valence-corrected chi connectivity index (χ4v) is 3.85. The monoisotopic (exact) mass is 441 g/mol. The summed E-state index contributed by atoms with van der Waals surface area (Å²) in [6, 6.07) is 17.8. The van der Waals surface area contributed by atoms with E-state index in [1.165, 1.54) is 5.56 Å². The van der Waals surface area contributed by atoms with E-state index in [2.05, 4.69) is 62.0 Å². The summed E-state index contributed by atoms with van der Waals surface area (Å²) in [5.74, 6) is 1.10. The number of alkyl halides is 1. The van der Waals surface area contributed by atoms with Crippen LogP contribution in [0.25, 0.3) is 21.8 Å². The zero-order chi connectivity index (χ0) is 19.7. The van der Waals surface area contributed by atoms with Gasteiger partial charge in [-0.25, -0.2) is 4.39 Å². The number of nitrogens with one attached hydrogen (secondary N) is 1. The second-order valence-corrected chi connectivity index (χ2v) is 7.75. The van der Waals surface area contributed by atoms with Crippen LogP contribution in [-0.4, -0.2) is 29.4 Å². The molecule has 0 fully saturated rings. The lowest BCUT2D eigenvalue weighted by Gasteiger charge is -2.14. The first kappa shape index (κ1) is 18.7. The first-order valence-corrected chi connectivity index (χ1v) is 9.91. The van der Waals surface area contributed by atoms with Crippen LogP contribution >= 0.6 is 15.9 Å². The molecule has 6 heteroatoms. The third-order valence-electron chi connectivity index (χ3n) is 4.80. The van der Waals surface area contributed by atoms with Gasteiger partial charge in [0.05, 0.1) is 13.7 Å². The largest absolute Gasteiger partial charge is 0.481 e. The highest BCUT2D eigenvalue weighted by Crippen LogP contribution is 2.32. The standard InChI is InChI=1S/C22H21BrFN3O/c1-14-6-8-19-17(10-14)18-11-15(23)7-9-20(18)27(19)13-16(24)12-25-21-4-3-5-22(26-21)28-2/h3-11,16H,12-13H2,1-2H3,(H,25,26). The van der Waals surface area contributed by atoms with Gasteiger partial charge in [-0.05, 0) is 43.3 Å². The molecule has 2 aromatic carbocycles. The lowest BCUT2D eigenvalue weighted by Crippen LogP contribution is -2.21. The van der Waals surface area contributed by atoms with Gasteiger partial charge in [0, 0.05) is 38.9 Å². The molecular weight excluding hydrogens is 421 g/mol. The van der Waals surface area contributed by atoms with Crippen molar-refractivity contribution in [3.63, 3.8) is 0 Å². The van der Waals surface area contributed by atoms with Crippen LogP contribution in [0.1, 0.15) is 5.56 Å². The van der Waals surface area contributed by atoms with Gasteiger partial charge in [-0.15, -0.1) is 0 Å². The van der Waals surface area contributed by atoms with Crippen molar-refractivity contribution < 1.29 is 9.13 Å². The lowest BCUT2D eigenvalue weighted by atomic mass is 10.1. The Balaban J connectivity index is 1.61. The van der Waals surface area contributed by atoms with Crippen LogP contribution in [0.5, 0.6) is 5.88 Å². The van der Waals surface area contributed by atoms with Crippen molar-refractivity contribution >= 4 is 43.6 Å². The Morgan fingerprint density at radius 3 is 2.64 bits per heavy atom. The quantitative estimate of drug-likeness (QED) is 0.415. The fraction of sp³-hybridized carbons (Fsp3) is 0.227. The van der Waals surface area contributed by atoms with Crippen LogP contribution in [0.15, 0.2) is 59.1 Å². The minimum atomic E-state index is -1.07. The van der Waals surface area contributed by atoms with Crippen LogP contribution in [0, 0.1) is 6.92 Å². The Kier molecular flexibility index (Phi) is 5.22. The molecule has 4 nitrogen and oxygen atoms in total. The number of nitrogens with zero attached hydrogens (tertiary/aromatic N) is 2. The molecule has 4 aromatic rings. The summed E-state index contributed by atoms with van der Waals surface area (Å²) in [7, 11) is 1.56. The zero-order valence-electron chi connectivity index (χ0n) is 15.7. The molecule has 28 heavy (non-hydrogen) atoms. The van der Waals surface area contributed by atoms with E-state index < -0.39 is 6.17 Å². The Bertz CT molecular complexity index is 1080. The zero-order valence-corrected chi connectivity index (χ0v) is 17.3. The molecule has 0 spiro atoms. The number of ether oxygens (including phenoxy) is 1. The normalized spacial score (nSPS) is 12.4. The van der Waals surface area contributed by atoms with Crippen LogP contribution in [-0.2, 0) is 6.54 Å². The van der Waals surface area contributed by atoms with Gasteiger partial charge in [-0.3, -0.25) is 0 Å². The minimum absolute atomic E-state index is 0.170. The third-order valence-corrected chi connectivity index (χ3v) is 5.29. The molecule has 1 atom stereocenters. The topological polar surface area (TPSA) is 39.1 Å². The maximum Gasteiger partial charge on any atom is 0.214 e. The molecular formula is C22H21BrFN3O. The number of fused-ring (bicyclic) bond motifs is 3. The van der Waals surface area contributed by atoms with E-state index in [-0.39, 0.29) is 13.1 Å². The Morgan fingerprint density at radius 2 is 1.86 bits per heavy atom. The number of aryl methyl sites for hydroxylation is 1. The number of anilines is 1. The van der Waals surface area contributed by atoms with Crippen molar-refractivity contribution in [2.45, 2.75) is 19.6 Å². The van der Waals surface area contributed by atoms with Gasteiger partial charge < -0.3 is 14.6 Å². The molecule has 2 heterocycles. The molecule has 0 aliphatic rings. The molecule has 2 aromatic heterocycles. The van der Waals surface area contributed by atoms with Crippen molar-refractivity contribution in [2.75, 3.05) is 19.0 Å². The molecule has 1 N–H and O–H groups in total. The molecule has 0 aliphatic heterocycles. The van der Waals surface area contributed by atoms with Gasteiger partial charge in [-0.2, -0.15) is 4.98 Å². The third kappa shape index (κ3) is 3.69. The maximum absolute atomic E-state index is 14.9. The second kappa shape index (κ2) is 7.80. The Morgan fingerprint density at radius 1 is 1.11 bits per heavy atom. The van der Waals surface area contributed by atoms with Crippen molar-refractivity contribution in [1.82, 2.24) is 9.55 Å². The summed E-state index contributed by atoms with van der Waals surface area (Å²) in [5, 5.41) is 5.33. The van der Waals surface area contributed by atoms with Gasteiger partial charge in [0.1, 0.15) is 12.0 Å². The highest BCUT2D eigenvalue weighted by atomic mass is 79.9. The lowest BCUT2D eigenvalue weighted by molar-refractivity contribution is 0.315. The van der Waals surface area contributed by atoms with Gasteiger partial charge in [0.2, 0.25) is 5.88 Å². The van der Waals surface area contributed by atoms with E-state index in [0.29, 0.717) is 11.7 Å². The molecule has 0 bridgehead atoms. The number of rotatable bonds is 6. The van der Waals surface area contributed by atoms with E-state index in [0.717, 1.165) is 26.3 Å². The summed E-state index contributed by atoms with van der Waals surface area (Å²) >= 11 is 3.55. The predicted octanol–water partition coefficient (Wildman–Crippen LogP) is 5.72.